The highest BCUT2D eigenvalue weighted by atomic mass is 31.1. The number of pyridine rings is 1. The molecule has 3 N–H and O–H groups in total. The van der Waals surface area contributed by atoms with E-state index in [0.717, 1.165) is 12.1 Å². The highest BCUT2D eigenvalue weighted by molar-refractivity contribution is 7.42. The normalized spacial score (nSPS) is 15.8. The van der Waals surface area contributed by atoms with Gasteiger partial charge in [-0.15, -0.1) is 0 Å². The fraction of sp³-hybridized carbons (Fsp3) is 0.259. The van der Waals surface area contributed by atoms with Gasteiger partial charge in [-0.2, -0.15) is 4.89 Å². The summed E-state index contributed by atoms with van der Waals surface area (Å²) < 4.78 is 37.1. The lowest BCUT2D eigenvalue weighted by atomic mass is 9.78. The molecule has 0 bridgehead atoms. The van der Waals surface area contributed by atoms with Crippen LogP contribution in [-0.2, 0) is 21.4 Å². The molecule has 0 saturated heterocycles. The number of nitrogens with zero attached hydrogens (tertiary/aromatic N) is 1. The Kier molecular flexibility index (Phi) is 7.28. The summed E-state index contributed by atoms with van der Waals surface area (Å²) in [4.78, 5) is 27.6. The highest BCUT2D eigenvalue weighted by Gasteiger charge is 2.72. The average molecular weight is 524 g/mol. The first kappa shape index (κ1) is 26.2. The first-order valence-electron chi connectivity index (χ1n) is 11.3. The van der Waals surface area contributed by atoms with Crippen molar-refractivity contribution in [2.45, 2.75) is 31.0 Å². The molecular weight excluding hydrogens is 500 g/mol. The predicted molar refractivity (Wildman–Crippen MR) is 133 cm³/mol. The van der Waals surface area contributed by atoms with Crippen LogP contribution in [0.5, 0.6) is 11.5 Å². The summed E-state index contributed by atoms with van der Waals surface area (Å²) in [6.45, 7) is 3.44. The van der Waals surface area contributed by atoms with Crippen LogP contribution in [0.25, 0.3) is 11.3 Å². The molecule has 3 atom stereocenters. The third kappa shape index (κ3) is 4.92. The zero-order chi connectivity index (χ0) is 26.8. The molecule has 0 aliphatic carbocycles. The number of benzene rings is 2. The van der Waals surface area contributed by atoms with Crippen molar-refractivity contribution in [3.05, 3.63) is 77.7 Å². The minimum absolute atomic E-state index is 0.0723. The zero-order valence-electron chi connectivity index (χ0n) is 20.0. The average Bonchev–Trinajstić information content (AvgIpc) is 3.33. The number of aliphatic hydroxyl groups is 1. The van der Waals surface area contributed by atoms with E-state index < -0.39 is 37.0 Å². The van der Waals surface area contributed by atoms with Gasteiger partial charge < -0.3 is 19.7 Å². The van der Waals surface area contributed by atoms with Gasteiger partial charge in [0.05, 0.1) is 11.4 Å². The van der Waals surface area contributed by atoms with Crippen LogP contribution in [0.1, 0.15) is 25.1 Å². The Labute approximate surface area is 213 Å². The number of ether oxygens (including phenoxy) is 2. The van der Waals surface area contributed by atoms with E-state index in [9.17, 15) is 28.9 Å². The van der Waals surface area contributed by atoms with Crippen molar-refractivity contribution < 1.29 is 38.3 Å². The molecular formula is C27H24FNO7P+. The second kappa shape index (κ2) is 10.3. The molecule has 37 heavy (non-hydrogen) atoms. The van der Waals surface area contributed by atoms with Crippen molar-refractivity contribution in [1.29, 1.82) is 0 Å². The highest BCUT2D eigenvalue weighted by Crippen LogP contribution is 2.51. The van der Waals surface area contributed by atoms with Crippen molar-refractivity contribution in [3.63, 3.8) is 0 Å². The second-order valence-corrected chi connectivity index (χ2v) is 10.1. The van der Waals surface area contributed by atoms with Gasteiger partial charge in [0.25, 0.3) is 0 Å². The van der Waals surface area contributed by atoms with E-state index in [0.29, 0.717) is 28.3 Å². The summed E-state index contributed by atoms with van der Waals surface area (Å²) in [5.41, 5.74) is -1.54. The van der Waals surface area contributed by atoms with Crippen LogP contribution in [0, 0.1) is 23.6 Å². The van der Waals surface area contributed by atoms with Crippen molar-refractivity contribution in [1.82, 2.24) is 4.98 Å². The largest absolute Gasteiger partial charge is 0.541 e. The number of halogens is 1. The molecule has 2 aromatic carbocycles. The van der Waals surface area contributed by atoms with Crippen molar-refractivity contribution in [2.75, 3.05) is 6.79 Å². The van der Waals surface area contributed by atoms with E-state index in [2.05, 4.69) is 16.8 Å². The molecule has 0 amide bonds. The number of aromatic nitrogens is 1. The SMILES string of the molecule is CC(C)C#CC(C(=O)O)([P+](=O)O)C(O)(Cc1ccc(F)cc1)c1cccc(-c2ccc3c(c2)OCO3)n1. The lowest BCUT2D eigenvalue weighted by molar-refractivity contribution is -0.146. The fourth-order valence-electron chi connectivity index (χ4n) is 4.05. The molecule has 190 valence electrons. The summed E-state index contributed by atoms with van der Waals surface area (Å²) in [6.07, 6.45) is -0.481. The summed E-state index contributed by atoms with van der Waals surface area (Å²) in [7, 11) is -3.62. The lowest BCUT2D eigenvalue weighted by Gasteiger charge is -2.33. The van der Waals surface area contributed by atoms with Gasteiger partial charge in [0.15, 0.2) is 17.1 Å². The molecule has 0 radical (unpaired) electrons. The van der Waals surface area contributed by atoms with Gasteiger partial charge >= 0.3 is 19.2 Å². The quantitative estimate of drug-likeness (QED) is 0.309. The van der Waals surface area contributed by atoms with E-state index in [-0.39, 0.29) is 18.4 Å². The van der Waals surface area contributed by atoms with Gasteiger partial charge in [0.2, 0.25) is 6.79 Å². The Balaban J connectivity index is 1.94. The molecule has 2 heterocycles. The van der Waals surface area contributed by atoms with Gasteiger partial charge in [-0.25, -0.2) is 14.2 Å². The van der Waals surface area contributed by atoms with E-state index in [4.69, 9.17) is 9.47 Å². The van der Waals surface area contributed by atoms with Crippen molar-refractivity contribution in [3.8, 4) is 34.6 Å². The van der Waals surface area contributed by atoms with Gasteiger partial charge in [0.1, 0.15) is 5.82 Å². The number of hydrogen-bond acceptors (Lipinski definition) is 6. The van der Waals surface area contributed by atoms with E-state index in [1.165, 1.54) is 18.2 Å². The van der Waals surface area contributed by atoms with Crippen LogP contribution in [0.15, 0.2) is 60.7 Å². The number of carboxylic acids is 1. The summed E-state index contributed by atoms with van der Waals surface area (Å²) in [5.74, 6) is 3.41. The van der Waals surface area contributed by atoms with Gasteiger partial charge in [-0.1, -0.05) is 38.0 Å². The minimum atomic E-state index is -3.62. The van der Waals surface area contributed by atoms with Crippen LogP contribution >= 0.6 is 8.03 Å². The first-order valence-corrected chi connectivity index (χ1v) is 12.5. The van der Waals surface area contributed by atoms with E-state index in [1.807, 2.05) is 0 Å². The first-order chi connectivity index (χ1) is 17.6. The molecule has 0 saturated carbocycles. The molecule has 3 aromatic rings. The third-order valence-electron chi connectivity index (χ3n) is 5.95. The van der Waals surface area contributed by atoms with E-state index in [1.54, 1.807) is 44.2 Å². The van der Waals surface area contributed by atoms with Crippen LogP contribution in [0.2, 0.25) is 0 Å². The Bertz CT molecular complexity index is 1400. The van der Waals surface area contributed by atoms with Crippen molar-refractivity contribution >= 4 is 14.0 Å². The van der Waals surface area contributed by atoms with Gasteiger partial charge in [-0.3, -0.25) is 0 Å². The molecule has 0 fully saturated rings. The molecule has 1 aromatic heterocycles. The number of carboxylic acid groups (broad SMARTS) is 1. The van der Waals surface area contributed by atoms with Gasteiger partial charge in [0, 0.05) is 17.9 Å². The van der Waals surface area contributed by atoms with Gasteiger partial charge in [-0.05, 0) is 58.5 Å². The van der Waals surface area contributed by atoms with Crippen LogP contribution in [0.4, 0.5) is 4.39 Å². The Morgan fingerprint density at radius 1 is 1.14 bits per heavy atom. The number of rotatable bonds is 7. The molecule has 8 nitrogen and oxygen atoms in total. The van der Waals surface area contributed by atoms with Crippen molar-refractivity contribution in [2.24, 2.45) is 5.92 Å². The van der Waals surface area contributed by atoms with Crippen LogP contribution in [-0.4, -0.2) is 38.0 Å². The number of fused-ring (bicyclic) bond motifs is 1. The van der Waals surface area contributed by atoms with Crippen LogP contribution in [0.3, 0.4) is 0 Å². The maximum absolute atomic E-state index is 13.6. The van der Waals surface area contributed by atoms with E-state index >= 15 is 0 Å². The zero-order valence-corrected chi connectivity index (χ0v) is 20.9. The monoisotopic (exact) mass is 524 g/mol. The molecule has 1 aliphatic rings. The lowest BCUT2D eigenvalue weighted by Crippen LogP contribution is -2.55. The Morgan fingerprint density at radius 2 is 1.84 bits per heavy atom. The summed E-state index contributed by atoms with van der Waals surface area (Å²) in [5, 5.41) is 19.6. The smallest absolute Gasteiger partial charge is 0.477 e. The molecule has 0 spiro atoms. The minimum Gasteiger partial charge on any atom is -0.477 e. The predicted octanol–water partition coefficient (Wildman–Crippen LogP) is 4.26. The Hall–Kier alpha value is -3.83. The number of aliphatic carboxylic acids is 1. The maximum Gasteiger partial charge on any atom is 0.541 e. The number of hydrogen-bond donors (Lipinski definition) is 3. The topological polar surface area (TPSA) is 126 Å². The fourth-order valence-corrected chi connectivity index (χ4v) is 4.89. The number of carbonyl (C=O) groups is 1. The summed E-state index contributed by atoms with van der Waals surface area (Å²) in [6, 6.07) is 14.7. The second-order valence-electron chi connectivity index (χ2n) is 8.85. The summed E-state index contributed by atoms with van der Waals surface area (Å²) >= 11 is 0. The standard InChI is InChI=1S/C27H23FNO7P/c1-17(2)12-13-27(25(30)31,37(33)34)26(32,15-18-6-9-20(28)10-7-18)24-5-3-4-21(29-24)19-8-11-22-23(14-19)36-16-35-22/h3-11,14,17,32H,15-16H2,1-2H3,(H-,30,31,33,34)/p+1. The third-order valence-corrected chi connectivity index (χ3v) is 7.20. The maximum atomic E-state index is 13.6. The Morgan fingerprint density at radius 3 is 2.49 bits per heavy atom. The van der Waals surface area contributed by atoms with Crippen LogP contribution < -0.4 is 9.47 Å². The molecule has 10 heteroatoms. The molecule has 3 unspecified atom stereocenters. The molecule has 4 rings (SSSR count). The molecule has 1 aliphatic heterocycles.